The molecule has 5 atom stereocenters. The van der Waals surface area contributed by atoms with E-state index in [-0.39, 0.29) is 31.0 Å². The molecule has 0 saturated heterocycles. The Morgan fingerprint density at radius 3 is 2.81 bits per heavy atom. The van der Waals surface area contributed by atoms with E-state index in [0.717, 1.165) is 25.7 Å². The lowest BCUT2D eigenvalue weighted by Crippen LogP contribution is -2.22. The number of carboxylic acids is 1. The summed E-state index contributed by atoms with van der Waals surface area (Å²) in [6.07, 6.45) is 9.87. The number of allylic oxidation sites excluding steroid dienone is 1. The number of aliphatic hydroxyl groups excluding tert-OH is 2. The Labute approximate surface area is 184 Å². The van der Waals surface area contributed by atoms with Gasteiger partial charge in [-0.15, -0.1) is 0 Å². The molecule has 1 aromatic carbocycles. The van der Waals surface area contributed by atoms with Gasteiger partial charge in [0.25, 0.3) is 0 Å². The minimum Gasteiger partial charge on any atom is -0.491 e. The topological polar surface area (TPSA) is 96.2 Å². The highest BCUT2D eigenvalue weighted by molar-refractivity contribution is 5.66. The molecule has 0 radical (unpaired) electrons. The minimum absolute atomic E-state index is 0.0168. The number of para-hydroxylation sites is 1. The third kappa shape index (κ3) is 7.49. The third-order valence-corrected chi connectivity index (χ3v) is 6.16. The molecule has 2 aliphatic rings. The van der Waals surface area contributed by atoms with Crippen molar-refractivity contribution in [1.82, 2.24) is 0 Å². The smallest absolute Gasteiger partial charge is 0.303 e. The van der Waals surface area contributed by atoms with Crippen LogP contribution in [0.3, 0.4) is 0 Å². The van der Waals surface area contributed by atoms with Gasteiger partial charge in [0.05, 0.1) is 18.8 Å². The molecule has 0 spiro atoms. The maximum atomic E-state index is 10.6. The Bertz CT molecular complexity index is 744. The van der Waals surface area contributed by atoms with E-state index in [1.54, 1.807) is 6.08 Å². The van der Waals surface area contributed by atoms with Gasteiger partial charge in [-0.1, -0.05) is 42.8 Å². The first-order valence-electron chi connectivity index (χ1n) is 11.3. The Kier molecular flexibility index (Phi) is 9.13. The lowest BCUT2D eigenvalue weighted by Gasteiger charge is -2.20. The Morgan fingerprint density at radius 2 is 2.03 bits per heavy atom. The average Bonchev–Trinajstić information content (AvgIpc) is 2.92. The molecule has 1 fully saturated rings. The van der Waals surface area contributed by atoms with Gasteiger partial charge >= 0.3 is 5.97 Å². The second-order valence-corrected chi connectivity index (χ2v) is 8.52. The fourth-order valence-electron chi connectivity index (χ4n) is 4.44. The van der Waals surface area contributed by atoms with Gasteiger partial charge in [0.15, 0.2) is 0 Å². The summed E-state index contributed by atoms with van der Waals surface area (Å²) in [7, 11) is 0. The van der Waals surface area contributed by atoms with Crippen LogP contribution in [-0.2, 0) is 9.53 Å². The third-order valence-electron chi connectivity index (χ3n) is 6.16. The first kappa shape index (κ1) is 23.5. The molecule has 6 nitrogen and oxygen atoms in total. The van der Waals surface area contributed by atoms with E-state index in [2.05, 4.69) is 6.08 Å². The number of unbranched alkanes of at least 4 members (excludes halogenated alkanes) is 2. The molecule has 3 rings (SSSR count). The van der Waals surface area contributed by atoms with Crippen molar-refractivity contribution in [2.45, 2.75) is 63.3 Å². The highest BCUT2D eigenvalue weighted by Crippen LogP contribution is 2.40. The maximum Gasteiger partial charge on any atom is 0.303 e. The summed E-state index contributed by atoms with van der Waals surface area (Å²) in [5.74, 6) is 0.119. The highest BCUT2D eigenvalue weighted by Gasteiger charge is 2.42. The molecule has 0 unspecified atom stereocenters. The number of ether oxygens (including phenoxy) is 2. The molecular formula is C25H34O6. The normalized spacial score (nSPS) is 26.8. The van der Waals surface area contributed by atoms with Gasteiger partial charge in [0, 0.05) is 18.8 Å². The molecule has 3 N–H and O–H groups in total. The molecule has 31 heavy (non-hydrogen) atoms. The Balaban J connectivity index is 1.47. The molecule has 1 aliphatic carbocycles. The molecule has 0 aromatic heterocycles. The molecule has 170 valence electrons. The predicted molar refractivity (Wildman–Crippen MR) is 118 cm³/mol. The zero-order valence-corrected chi connectivity index (χ0v) is 17.9. The van der Waals surface area contributed by atoms with E-state index in [4.69, 9.17) is 14.6 Å². The number of fused-ring (bicyclic) bond motifs is 1. The van der Waals surface area contributed by atoms with Crippen LogP contribution in [0.25, 0.3) is 0 Å². The summed E-state index contributed by atoms with van der Waals surface area (Å²) < 4.78 is 11.7. The highest BCUT2D eigenvalue weighted by atomic mass is 16.5. The van der Waals surface area contributed by atoms with Crippen LogP contribution in [0.2, 0.25) is 0 Å². The number of benzene rings is 1. The number of hydrogen-bond donors (Lipinski definition) is 3. The van der Waals surface area contributed by atoms with Crippen molar-refractivity contribution in [3.8, 4) is 5.75 Å². The van der Waals surface area contributed by atoms with Crippen LogP contribution < -0.4 is 4.74 Å². The number of hydrogen-bond acceptors (Lipinski definition) is 5. The van der Waals surface area contributed by atoms with E-state index >= 15 is 0 Å². The molecule has 0 bridgehead atoms. The van der Waals surface area contributed by atoms with Gasteiger partial charge in [0.1, 0.15) is 18.5 Å². The Morgan fingerprint density at radius 1 is 1.23 bits per heavy atom. The van der Waals surface area contributed by atoms with E-state index in [1.807, 2.05) is 36.4 Å². The van der Waals surface area contributed by atoms with Crippen molar-refractivity contribution in [1.29, 1.82) is 0 Å². The lowest BCUT2D eigenvalue weighted by atomic mass is 9.89. The van der Waals surface area contributed by atoms with Crippen molar-refractivity contribution in [2.24, 2.45) is 11.8 Å². The zero-order chi connectivity index (χ0) is 22.1. The fraction of sp³-hybridized carbons (Fsp3) is 0.560. The maximum absolute atomic E-state index is 10.6. The SMILES string of the molecule is O=C(O)CCCCCC1=CC[C@@H]2[C@@H](/C=C/[C@@H](O)COc3ccccc3)[C@H](O)C[C@@H]2OC1. The van der Waals surface area contributed by atoms with Gasteiger partial charge in [0.2, 0.25) is 0 Å². The van der Waals surface area contributed by atoms with Crippen LogP contribution in [0, 0.1) is 11.8 Å². The van der Waals surface area contributed by atoms with Crippen LogP contribution in [0.15, 0.2) is 54.1 Å². The predicted octanol–water partition coefficient (Wildman–Crippen LogP) is 3.73. The number of aliphatic carboxylic acids is 1. The zero-order valence-electron chi connectivity index (χ0n) is 17.9. The number of carbonyl (C=O) groups is 1. The number of rotatable bonds is 11. The summed E-state index contributed by atoms with van der Waals surface area (Å²) in [6, 6.07) is 9.38. The van der Waals surface area contributed by atoms with Crippen molar-refractivity contribution < 1.29 is 29.6 Å². The molecule has 1 saturated carbocycles. The van der Waals surface area contributed by atoms with E-state index in [0.29, 0.717) is 25.2 Å². The van der Waals surface area contributed by atoms with Gasteiger partial charge in [-0.25, -0.2) is 0 Å². The van der Waals surface area contributed by atoms with Gasteiger partial charge in [-0.05, 0) is 49.3 Å². The summed E-state index contributed by atoms with van der Waals surface area (Å²) in [5, 5.41) is 29.5. The minimum atomic E-state index is -0.741. The molecule has 1 aromatic rings. The standard InChI is InChI=1S/C25H34O6/c26-19(17-30-20-8-4-2-5-9-20)12-14-21-22-13-11-18(7-3-1-6-10-25(28)29)16-31-24(22)15-23(21)27/h2,4-5,8-9,11-12,14,19,21-24,26-27H,1,3,6-7,10,13,15-17H2,(H,28,29)/b14-12+/t19-,21-,22-,23-,24+/m1/s1. The van der Waals surface area contributed by atoms with Crippen molar-refractivity contribution in [3.63, 3.8) is 0 Å². The average molecular weight is 431 g/mol. The number of aliphatic hydroxyl groups is 2. The van der Waals surface area contributed by atoms with E-state index in [9.17, 15) is 15.0 Å². The van der Waals surface area contributed by atoms with E-state index < -0.39 is 18.2 Å². The van der Waals surface area contributed by atoms with Crippen LogP contribution in [0.4, 0.5) is 0 Å². The Hall–Kier alpha value is -2.15. The summed E-state index contributed by atoms with van der Waals surface area (Å²) in [4.78, 5) is 10.6. The van der Waals surface area contributed by atoms with Crippen molar-refractivity contribution in [3.05, 3.63) is 54.1 Å². The largest absolute Gasteiger partial charge is 0.491 e. The first-order chi connectivity index (χ1) is 15.0. The van der Waals surface area contributed by atoms with Crippen LogP contribution in [0.5, 0.6) is 5.75 Å². The first-order valence-corrected chi connectivity index (χ1v) is 11.3. The molecule has 1 aliphatic heterocycles. The van der Waals surface area contributed by atoms with Crippen LogP contribution in [0.1, 0.15) is 44.9 Å². The quantitative estimate of drug-likeness (QED) is 0.366. The molecule has 1 heterocycles. The monoisotopic (exact) mass is 430 g/mol. The summed E-state index contributed by atoms with van der Waals surface area (Å²) in [6.45, 7) is 0.747. The number of carboxylic acid groups (broad SMARTS) is 1. The fourth-order valence-corrected chi connectivity index (χ4v) is 4.44. The lowest BCUT2D eigenvalue weighted by molar-refractivity contribution is -0.137. The van der Waals surface area contributed by atoms with Gasteiger partial charge in [-0.3, -0.25) is 4.79 Å². The summed E-state index contributed by atoms with van der Waals surface area (Å²) >= 11 is 0. The second kappa shape index (κ2) is 12.0. The molecule has 6 heteroatoms. The van der Waals surface area contributed by atoms with E-state index in [1.165, 1.54) is 5.57 Å². The van der Waals surface area contributed by atoms with Crippen LogP contribution >= 0.6 is 0 Å². The van der Waals surface area contributed by atoms with Crippen molar-refractivity contribution in [2.75, 3.05) is 13.2 Å². The van der Waals surface area contributed by atoms with Crippen molar-refractivity contribution >= 4 is 5.97 Å². The molecular weight excluding hydrogens is 396 g/mol. The second-order valence-electron chi connectivity index (χ2n) is 8.52. The summed E-state index contributed by atoms with van der Waals surface area (Å²) in [5.41, 5.74) is 1.26. The van der Waals surface area contributed by atoms with Gasteiger partial charge in [-0.2, -0.15) is 0 Å². The van der Waals surface area contributed by atoms with Gasteiger partial charge < -0.3 is 24.8 Å². The molecule has 0 amide bonds. The van der Waals surface area contributed by atoms with Crippen LogP contribution in [-0.4, -0.2) is 52.8 Å².